The van der Waals surface area contributed by atoms with Crippen LogP contribution in [0.3, 0.4) is 0 Å². The molecule has 0 saturated carbocycles. The Morgan fingerprint density at radius 2 is 2.05 bits per heavy atom. The second-order valence-electron chi connectivity index (χ2n) is 4.59. The van der Waals surface area contributed by atoms with Crippen LogP contribution in [0.15, 0.2) is 24.3 Å². The van der Waals surface area contributed by atoms with Gasteiger partial charge in [0.1, 0.15) is 5.75 Å². The van der Waals surface area contributed by atoms with Gasteiger partial charge >= 0.3 is 0 Å². The Bertz CT molecular complexity index is 527. The molecular weight excluding hydrogens is 266 g/mol. The van der Waals surface area contributed by atoms with Crippen LogP contribution in [0.1, 0.15) is 18.5 Å². The van der Waals surface area contributed by atoms with Crippen molar-refractivity contribution in [1.29, 1.82) is 0 Å². The molecule has 0 spiro atoms. The molecule has 1 saturated heterocycles. The summed E-state index contributed by atoms with van der Waals surface area (Å²) in [6.45, 7) is 4.04. The first-order chi connectivity index (χ1) is 8.99. The highest BCUT2D eigenvalue weighted by atomic mass is 32.2. The Labute approximate surface area is 113 Å². The number of hydrogen-bond acceptors (Lipinski definition) is 4. The van der Waals surface area contributed by atoms with Crippen LogP contribution < -0.4 is 10.0 Å². The fourth-order valence-electron chi connectivity index (χ4n) is 2.04. The number of benzene rings is 1. The van der Waals surface area contributed by atoms with Gasteiger partial charge in [-0.1, -0.05) is 12.1 Å². The van der Waals surface area contributed by atoms with E-state index >= 15 is 0 Å². The minimum atomic E-state index is -3.48. The summed E-state index contributed by atoms with van der Waals surface area (Å²) in [5.74, 6) is 0.130. The maximum absolute atomic E-state index is 12.2. The van der Waals surface area contributed by atoms with Crippen LogP contribution in [0, 0.1) is 0 Å². The van der Waals surface area contributed by atoms with Gasteiger partial charge in [0.05, 0.1) is 0 Å². The van der Waals surface area contributed by atoms with Crippen molar-refractivity contribution in [2.45, 2.75) is 13.0 Å². The molecule has 0 aromatic heterocycles. The fraction of sp³-hybridized carbons (Fsp3) is 0.500. The van der Waals surface area contributed by atoms with Crippen LogP contribution in [0.2, 0.25) is 0 Å². The van der Waals surface area contributed by atoms with Crippen LogP contribution in [0.25, 0.3) is 0 Å². The molecule has 0 amide bonds. The van der Waals surface area contributed by atoms with Gasteiger partial charge in [-0.2, -0.15) is 17.4 Å². The lowest BCUT2D eigenvalue weighted by Crippen LogP contribution is -2.50. The molecule has 3 N–H and O–H groups in total. The lowest BCUT2D eigenvalue weighted by molar-refractivity contribution is 0.352. The number of piperazine rings is 1. The van der Waals surface area contributed by atoms with E-state index in [1.54, 1.807) is 31.2 Å². The van der Waals surface area contributed by atoms with Gasteiger partial charge in [-0.3, -0.25) is 0 Å². The molecule has 0 radical (unpaired) electrons. The predicted octanol–water partition coefficient (Wildman–Crippen LogP) is 0.193. The van der Waals surface area contributed by atoms with E-state index in [1.165, 1.54) is 4.31 Å². The van der Waals surface area contributed by atoms with Crippen molar-refractivity contribution >= 4 is 10.2 Å². The second-order valence-corrected chi connectivity index (χ2v) is 6.29. The topological polar surface area (TPSA) is 81.7 Å². The zero-order chi connectivity index (χ0) is 13.9. The van der Waals surface area contributed by atoms with E-state index in [2.05, 4.69) is 10.0 Å². The Balaban J connectivity index is 2.07. The van der Waals surface area contributed by atoms with Crippen molar-refractivity contribution < 1.29 is 13.5 Å². The average Bonchev–Trinajstić information content (AvgIpc) is 2.39. The molecule has 6 nitrogen and oxygen atoms in total. The summed E-state index contributed by atoms with van der Waals surface area (Å²) in [6.07, 6.45) is 0. The van der Waals surface area contributed by atoms with Crippen molar-refractivity contribution in [3.05, 3.63) is 29.8 Å². The summed E-state index contributed by atoms with van der Waals surface area (Å²) in [6, 6.07) is 6.21. The third-order valence-electron chi connectivity index (χ3n) is 3.11. The standard InChI is InChI=1S/C12H19N3O3S/c1-10(11-3-2-4-12(16)9-11)14-19(17,18)15-7-5-13-6-8-15/h2-4,9-10,13-14,16H,5-8H2,1H3. The molecule has 0 aliphatic carbocycles. The summed E-state index contributed by atoms with van der Waals surface area (Å²) < 4.78 is 28.4. The SMILES string of the molecule is CC(NS(=O)(=O)N1CCNCC1)c1cccc(O)c1. The minimum Gasteiger partial charge on any atom is -0.508 e. The van der Waals surface area contributed by atoms with Gasteiger partial charge in [-0.05, 0) is 24.6 Å². The first-order valence-corrected chi connectivity index (χ1v) is 7.70. The summed E-state index contributed by atoms with van der Waals surface area (Å²) in [5.41, 5.74) is 0.735. The third-order valence-corrected chi connectivity index (χ3v) is 4.81. The highest BCUT2D eigenvalue weighted by molar-refractivity contribution is 7.87. The number of nitrogens with one attached hydrogen (secondary N) is 2. The maximum Gasteiger partial charge on any atom is 0.280 e. The largest absolute Gasteiger partial charge is 0.508 e. The molecule has 1 atom stereocenters. The number of nitrogens with zero attached hydrogens (tertiary/aromatic N) is 1. The maximum atomic E-state index is 12.2. The molecule has 1 aliphatic heterocycles. The van der Waals surface area contributed by atoms with Gasteiger partial charge in [0.15, 0.2) is 0 Å². The van der Waals surface area contributed by atoms with Crippen LogP contribution in [-0.4, -0.2) is 44.0 Å². The molecule has 1 aromatic rings. The summed E-state index contributed by atoms with van der Waals surface area (Å²) in [7, 11) is -3.48. The molecule has 1 aromatic carbocycles. The Kier molecular flexibility index (Phi) is 4.41. The first kappa shape index (κ1) is 14.3. The van der Waals surface area contributed by atoms with E-state index in [1.807, 2.05) is 0 Å². The summed E-state index contributed by atoms with van der Waals surface area (Å²) >= 11 is 0. The Hall–Kier alpha value is -1.15. The highest BCUT2D eigenvalue weighted by Gasteiger charge is 2.25. The van der Waals surface area contributed by atoms with Gasteiger partial charge < -0.3 is 10.4 Å². The van der Waals surface area contributed by atoms with E-state index in [0.717, 1.165) is 5.56 Å². The average molecular weight is 285 g/mol. The third kappa shape index (κ3) is 3.66. The lowest BCUT2D eigenvalue weighted by Gasteiger charge is -2.28. The van der Waals surface area contributed by atoms with Crippen LogP contribution in [0.5, 0.6) is 5.75 Å². The highest BCUT2D eigenvalue weighted by Crippen LogP contribution is 2.19. The molecule has 1 aliphatic rings. The molecule has 1 unspecified atom stereocenters. The van der Waals surface area contributed by atoms with Crippen molar-refractivity contribution in [3.63, 3.8) is 0 Å². The molecule has 0 bridgehead atoms. The fourth-order valence-corrected chi connectivity index (χ4v) is 3.44. The molecule has 1 heterocycles. The van der Waals surface area contributed by atoms with E-state index in [4.69, 9.17) is 0 Å². The lowest BCUT2D eigenvalue weighted by atomic mass is 10.1. The number of phenolic OH excluding ortho intramolecular Hbond substituents is 1. The molecular formula is C12H19N3O3S. The zero-order valence-electron chi connectivity index (χ0n) is 10.8. The number of rotatable bonds is 4. The van der Waals surface area contributed by atoms with Crippen LogP contribution >= 0.6 is 0 Å². The quantitative estimate of drug-likeness (QED) is 0.738. The van der Waals surface area contributed by atoms with E-state index in [9.17, 15) is 13.5 Å². The first-order valence-electron chi connectivity index (χ1n) is 6.26. The van der Waals surface area contributed by atoms with Crippen molar-refractivity contribution in [1.82, 2.24) is 14.3 Å². The van der Waals surface area contributed by atoms with E-state index in [0.29, 0.717) is 26.2 Å². The monoisotopic (exact) mass is 285 g/mol. The van der Waals surface area contributed by atoms with Gasteiger partial charge in [-0.25, -0.2) is 0 Å². The van der Waals surface area contributed by atoms with Crippen molar-refractivity contribution in [3.8, 4) is 5.75 Å². The molecule has 2 rings (SSSR count). The van der Waals surface area contributed by atoms with E-state index < -0.39 is 10.2 Å². The summed E-state index contributed by atoms with van der Waals surface area (Å²) in [4.78, 5) is 0. The van der Waals surface area contributed by atoms with Crippen molar-refractivity contribution in [2.75, 3.05) is 26.2 Å². The predicted molar refractivity (Wildman–Crippen MR) is 73.0 cm³/mol. The Morgan fingerprint density at radius 1 is 1.37 bits per heavy atom. The van der Waals surface area contributed by atoms with Crippen LogP contribution in [-0.2, 0) is 10.2 Å². The minimum absolute atomic E-state index is 0.130. The summed E-state index contributed by atoms with van der Waals surface area (Å²) in [5, 5.41) is 12.5. The van der Waals surface area contributed by atoms with Crippen molar-refractivity contribution in [2.24, 2.45) is 0 Å². The van der Waals surface area contributed by atoms with Gasteiger partial charge in [0.2, 0.25) is 0 Å². The number of phenols is 1. The van der Waals surface area contributed by atoms with Gasteiger partial charge in [0.25, 0.3) is 10.2 Å². The molecule has 7 heteroatoms. The van der Waals surface area contributed by atoms with Gasteiger partial charge in [0, 0.05) is 32.2 Å². The molecule has 19 heavy (non-hydrogen) atoms. The Morgan fingerprint density at radius 3 is 2.68 bits per heavy atom. The second kappa shape index (κ2) is 5.87. The zero-order valence-corrected chi connectivity index (χ0v) is 11.7. The van der Waals surface area contributed by atoms with Gasteiger partial charge in [-0.15, -0.1) is 0 Å². The normalized spacial score (nSPS) is 19.2. The number of hydrogen-bond donors (Lipinski definition) is 3. The molecule has 1 fully saturated rings. The smallest absolute Gasteiger partial charge is 0.280 e. The van der Waals surface area contributed by atoms with E-state index in [-0.39, 0.29) is 11.8 Å². The van der Waals surface area contributed by atoms with Crippen LogP contribution in [0.4, 0.5) is 0 Å². The molecule has 106 valence electrons. The number of aromatic hydroxyl groups is 1.